The Morgan fingerprint density at radius 2 is 1.78 bits per heavy atom. The summed E-state index contributed by atoms with van der Waals surface area (Å²) in [5, 5.41) is 6.96. The molecule has 192 valence electrons. The average Bonchev–Trinajstić information content (AvgIpc) is 3.68. The van der Waals surface area contributed by atoms with Gasteiger partial charge in [-0.3, -0.25) is 4.79 Å². The fourth-order valence-electron chi connectivity index (χ4n) is 4.68. The number of carbonyl (C=O) groups excluding carboxylic acids is 1. The molecule has 2 fully saturated rings. The zero-order valence-electron chi connectivity index (χ0n) is 20.3. The smallest absolute Gasteiger partial charge is 0.339 e. The topological polar surface area (TPSA) is 128 Å². The summed E-state index contributed by atoms with van der Waals surface area (Å²) in [4.78, 5) is 16.8. The monoisotopic (exact) mass is 511 g/mol. The molecule has 4 N–H and O–H groups in total. The van der Waals surface area contributed by atoms with Crippen LogP contribution in [0.1, 0.15) is 62.0 Å². The molecule has 0 radical (unpaired) electrons. The van der Waals surface area contributed by atoms with Crippen LogP contribution in [0.25, 0.3) is 11.0 Å². The van der Waals surface area contributed by atoms with E-state index in [4.69, 9.17) is 10.0 Å². The fraction of sp³-hybridized carbons (Fsp3) is 0.462. The van der Waals surface area contributed by atoms with Crippen molar-refractivity contribution in [2.24, 2.45) is 5.92 Å². The van der Waals surface area contributed by atoms with E-state index in [9.17, 15) is 13.2 Å². The van der Waals surface area contributed by atoms with Crippen LogP contribution in [0, 0.1) is 5.92 Å². The number of hydrogen-bond acceptors (Lipinski definition) is 8. The third kappa shape index (κ3) is 5.65. The third-order valence-electron chi connectivity index (χ3n) is 6.90. The van der Waals surface area contributed by atoms with Crippen molar-refractivity contribution < 1.29 is 17.4 Å². The lowest BCUT2D eigenvalue weighted by Gasteiger charge is -2.22. The van der Waals surface area contributed by atoms with E-state index in [1.807, 2.05) is 0 Å². The first-order valence-corrected chi connectivity index (χ1v) is 14.2. The number of hydrogen-bond donors (Lipinski definition) is 3. The largest absolute Gasteiger partial charge is 0.385 e. The summed E-state index contributed by atoms with van der Waals surface area (Å²) in [7, 11) is -4.03. The van der Waals surface area contributed by atoms with Gasteiger partial charge in [-0.1, -0.05) is 19.3 Å². The second-order valence-electron chi connectivity index (χ2n) is 9.73. The molecule has 9 nitrogen and oxygen atoms in total. The van der Waals surface area contributed by atoms with Gasteiger partial charge in [0.15, 0.2) is 5.82 Å². The molecule has 0 spiro atoms. The maximum absolute atomic E-state index is 12.8. The van der Waals surface area contributed by atoms with Gasteiger partial charge in [-0.25, -0.2) is 9.66 Å². The average molecular weight is 512 g/mol. The van der Waals surface area contributed by atoms with E-state index in [1.54, 1.807) is 18.2 Å². The zero-order valence-corrected chi connectivity index (χ0v) is 21.1. The highest BCUT2D eigenvalue weighted by Crippen LogP contribution is 2.33. The maximum Gasteiger partial charge on any atom is 0.339 e. The van der Waals surface area contributed by atoms with E-state index in [0.29, 0.717) is 17.1 Å². The van der Waals surface area contributed by atoms with E-state index in [2.05, 4.69) is 15.6 Å². The van der Waals surface area contributed by atoms with Crippen molar-refractivity contribution in [2.45, 2.75) is 62.3 Å². The Hall–Kier alpha value is -3.11. The van der Waals surface area contributed by atoms with Crippen LogP contribution in [-0.2, 0) is 10.1 Å². The summed E-state index contributed by atoms with van der Waals surface area (Å²) in [5.41, 5.74) is 1.80. The van der Waals surface area contributed by atoms with Crippen LogP contribution in [0.5, 0.6) is 5.75 Å². The molecule has 2 aliphatic rings. The summed E-state index contributed by atoms with van der Waals surface area (Å²) < 4.78 is 32.2. The Morgan fingerprint density at radius 3 is 2.50 bits per heavy atom. The van der Waals surface area contributed by atoms with Crippen molar-refractivity contribution >= 4 is 32.6 Å². The van der Waals surface area contributed by atoms with Crippen LogP contribution in [0.2, 0.25) is 0 Å². The second kappa shape index (κ2) is 10.5. The van der Waals surface area contributed by atoms with Gasteiger partial charge in [0.25, 0.3) is 0 Å². The summed E-state index contributed by atoms with van der Waals surface area (Å²) >= 11 is 0. The molecule has 0 saturated heterocycles. The first-order valence-electron chi connectivity index (χ1n) is 12.7. The van der Waals surface area contributed by atoms with Crippen LogP contribution in [0.4, 0.5) is 5.69 Å². The Bertz CT molecular complexity index is 1330. The van der Waals surface area contributed by atoms with E-state index < -0.39 is 10.1 Å². The Kier molecular flexibility index (Phi) is 7.15. The van der Waals surface area contributed by atoms with Gasteiger partial charge in [-0.2, -0.15) is 8.42 Å². The standard InChI is InChI=1S/C26H33N5O4S/c27-31-24-14-11-21(17-23(24)30-26(31)25(32)18-7-8-18)35-36(33,34)22-12-9-20(10-13-22)29-16-4-15-28-19-5-2-1-3-6-19/h9-14,17-19,28-29H,1-8,15-16,27H2. The molecule has 0 aliphatic heterocycles. The number of ketones is 1. The van der Waals surface area contributed by atoms with Gasteiger partial charge in [0.2, 0.25) is 5.78 Å². The SMILES string of the molecule is Nn1c(C(=O)C2CC2)nc2cc(OS(=O)(=O)c3ccc(NCCCNC4CCCCC4)cc3)ccc21. The highest BCUT2D eigenvalue weighted by molar-refractivity contribution is 7.87. The summed E-state index contributed by atoms with van der Waals surface area (Å²) in [6.07, 6.45) is 9.24. The van der Waals surface area contributed by atoms with E-state index in [-0.39, 0.29) is 28.2 Å². The Morgan fingerprint density at radius 1 is 1.03 bits per heavy atom. The number of benzene rings is 2. The van der Waals surface area contributed by atoms with Gasteiger partial charge in [-0.15, -0.1) is 0 Å². The van der Waals surface area contributed by atoms with Gasteiger partial charge in [0.1, 0.15) is 10.6 Å². The van der Waals surface area contributed by atoms with Crippen molar-refractivity contribution in [3.63, 3.8) is 0 Å². The number of Topliss-reactive ketones (excluding diaryl/α,β-unsaturated/α-hetero) is 1. The van der Waals surface area contributed by atoms with E-state index >= 15 is 0 Å². The molecule has 2 aliphatic carbocycles. The molecule has 1 heterocycles. The molecule has 5 rings (SSSR count). The molecule has 1 aromatic heterocycles. The Labute approximate surface area is 211 Å². The number of carbonyl (C=O) groups is 1. The number of aromatic nitrogens is 2. The summed E-state index contributed by atoms with van der Waals surface area (Å²) in [6, 6.07) is 11.8. The predicted octanol–water partition coefficient (Wildman–Crippen LogP) is 3.83. The fourth-order valence-corrected chi connectivity index (χ4v) is 5.60. The molecule has 2 saturated carbocycles. The molecular weight excluding hydrogens is 478 g/mol. The minimum Gasteiger partial charge on any atom is -0.385 e. The lowest BCUT2D eigenvalue weighted by molar-refractivity contribution is 0.0955. The maximum atomic E-state index is 12.8. The number of nitrogens with zero attached hydrogens (tertiary/aromatic N) is 2. The number of rotatable bonds is 11. The number of nitrogens with two attached hydrogens (primary N) is 1. The highest BCUT2D eigenvalue weighted by atomic mass is 32.2. The first kappa shape index (κ1) is 24.6. The van der Waals surface area contributed by atoms with Crippen LogP contribution < -0.4 is 20.7 Å². The molecular formula is C26H33N5O4S. The summed E-state index contributed by atoms with van der Waals surface area (Å²) in [6.45, 7) is 1.78. The first-order chi connectivity index (χ1) is 17.4. The predicted molar refractivity (Wildman–Crippen MR) is 139 cm³/mol. The highest BCUT2D eigenvalue weighted by Gasteiger charge is 2.33. The van der Waals surface area contributed by atoms with Crippen LogP contribution in [-0.4, -0.2) is 43.0 Å². The Balaban J connectivity index is 1.16. The van der Waals surface area contributed by atoms with Gasteiger partial charge in [-0.05, 0) is 75.0 Å². The minimum absolute atomic E-state index is 0.0177. The molecule has 0 amide bonds. The number of nitrogen functional groups attached to an aromatic ring is 1. The van der Waals surface area contributed by atoms with Crippen LogP contribution in [0.15, 0.2) is 47.4 Å². The molecule has 0 atom stereocenters. The quantitative estimate of drug-likeness (QED) is 0.153. The normalized spacial score (nSPS) is 16.8. The molecule has 10 heteroatoms. The number of nitrogens with one attached hydrogen (secondary N) is 2. The molecule has 0 unspecified atom stereocenters. The molecule has 36 heavy (non-hydrogen) atoms. The van der Waals surface area contributed by atoms with Crippen molar-refractivity contribution in [1.82, 2.24) is 15.0 Å². The third-order valence-corrected chi connectivity index (χ3v) is 8.16. The second-order valence-corrected chi connectivity index (χ2v) is 11.3. The van der Waals surface area contributed by atoms with E-state index in [1.165, 1.54) is 61.0 Å². The lowest BCUT2D eigenvalue weighted by Crippen LogP contribution is -2.32. The molecule has 3 aromatic rings. The van der Waals surface area contributed by atoms with Crippen LogP contribution >= 0.6 is 0 Å². The van der Waals surface area contributed by atoms with Gasteiger partial charge in [0.05, 0.1) is 11.0 Å². The lowest BCUT2D eigenvalue weighted by atomic mass is 9.95. The van der Waals surface area contributed by atoms with Crippen molar-refractivity contribution in [3.8, 4) is 5.75 Å². The molecule has 2 aromatic carbocycles. The number of fused-ring (bicyclic) bond motifs is 1. The van der Waals surface area contributed by atoms with Gasteiger partial charge in [0, 0.05) is 30.3 Å². The van der Waals surface area contributed by atoms with Gasteiger partial charge >= 0.3 is 10.1 Å². The van der Waals surface area contributed by atoms with Crippen LogP contribution in [0.3, 0.4) is 0 Å². The number of imidazole rings is 1. The zero-order chi connectivity index (χ0) is 25.1. The summed E-state index contributed by atoms with van der Waals surface area (Å²) in [5.74, 6) is 6.23. The van der Waals surface area contributed by atoms with Crippen molar-refractivity contribution in [2.75, 3.05) is 24.2 Å². The van der Waals surface area contributed by atoms with E-state index in [0.717, 1.165) is 38.0 Å². The minimum atomic E-state index is -4.03. The molecule has 0 bridgehead atoms. The number of anilines is 1. The van der Waals surface area contributed by atoms with Gasteiger partial charge < -0.3 is 20.7 Å². The van der Waals surface area contributed by atoms with Crippen molar-refractivity contribution in [3.05, 3.63) is 48.3 Å². The van der Waals surface area contributed by atoms with Crippen molar-refractivity contribution in [1.29, 1.82) is 0 Å².